The minimum absolute atomic E-state index is 0.648. The molecular weight excluding hydrogens is 428 g/mol. The molecule has 0 saturated carbocycles. The molecule has 166 valence electrons. The second-order valence-electron chi connectivity index (χ2n) is 8.98. The van der Waals surface area contributed by atoms with Crippen molar-refractivity contribution >= 4 is 32.9 Å². The van der Waals surface area contributed by atoms with Gasteiger partial charge in [-0.1, -0.05) is 66.2 Å². The number of fused-ring (bicyclic) bond motifs is 4. The Hall–Kier alpha value is -4.63. The molecule has 7 rings (SSSR count). The van der Waals surface area contributed by atoms with Gasteiger partial charge in [0, 0.05) is 22.0 Å². The van der Waals surface area contributed by atoms with Gasteiger partial charge in [0.15, 0.2) is 5.58 Å². The van der Waals surface area contributed by atoms with Gasteiger partial charge >= 0.3 is 0 Å². The summed E-state index contributed by atoms with van der Waals surface area (Å²) in [5, 5.41) is 2.51. The molecule has 2 aromatic heterocycles. The molecular formula is C32H22N2O. The average molecular weight is 451 g/mol. The zero-order chi connectivity index (χ0) is 23.4. The molecule has 0 aliphatic rings. The van der Waals surface area contributed by atoms with Gasteiger partial charge in [-0.15, -0.1) is 0 Å². The van der Waals surface area contributed by atoms with E-state index in [0.717, 1.165) is 16.7 Å². The first-order valence-electron chi connectivity index (χ1n) is 11.8. The Morgan fingerprint density at radius 3 is 2.11 bits per heavy atom. The monoisotopic (exact) mass is 450 g/mol. The number of nitrogens with zero attached hydrogens (tertiary/aromatic N) is 2. The lowest BCUT2D eigenvalue weighted by Gasteiger charge is -2.09. The second kappa shape index (κ2) is 7.71. The maximum atomic E-state index is 5.94. The highest BCUT2D eigenvalue weighted by Crippen LogP contribution is 2.35. The van der Waals surface area contributed by atoms with Crippen LogP contribution in [0.1, 0.15) is 5.56 Å². The molecule has 0 aliphatic carbocycles. The van der Waals surface area contributed by atoms with Crippen LogP contribution < -0.4 is 0 Å². The molecule has 2 heterocycles. The number of aromatic nitrogens is 2. The zero-order valence-electron chi connectivity index (χ0n) is 19.3. The van der Waals surface area contributed by atoms with Gasteiger partial charge in [0.05, 0.1) is 11.0 Å². The quantitative estimate of drug-likeness (QED) is 0.270. The third-order valence-electron chi connectivity index (χ3n) is 6.72. The van der Waals surface area contributed by atoms with Crippen LogP contribution in [-0.4, -0.2) is 9.55 Å². The van der Waals surface area contributed by atoms with Gasteiger partial charge in [-0.05, 0) is 72.6 Å². The van der Waals surface area contributed by atoms with Crippen LogP contribution in [0.3, 0.4) is 0 Å². The fourth-order valence-electron chi connectivity index (χ4n) is 4.93. The van der Waals surface area contributed by atoms with E-state index in [9.17, 15) is 0 Å². The minimum atomic E-state index is 0.648. The summed E-state index contributed by atoms with van der Waals surface area (Å²) in [5.41, 5.74) is 9.88. The number of oxazole rings is 1. The van der Waals surface area contributed by atoms with Crippen LogP contribution in [-0.2, 0) is 0 Å². The standard InChI is InChI=1S/C32H22N2O/c1-21-10-17-25(18-11-21)34-29-8-4-2-6-26(29)27-20-24(16-19-30(27)34)22-12-14-23(15-13-22)32-33-28-7-3-5-9-31(28)35-32/h2-20H,1H3. The van der Waals surface area contributed by atoms with Gasteiger partial charge in [0.2, 0.25) is 5.89 Å². The fraction of sp³-hybridized carbons (Fsp3) is 0.0312. The molecule has 7 aromatic rings. The Morgan fingerprint density at radius 2 is 1.29 bits per heavy atom. The molecule has 3 heteroatoms. The summed E-state index contributed by atoms with van der Waals surface area (Å²) in [6.45, 7) is 2.12. The van der Waals surface area contributed by atoms with E-state index < -0.39 is 0 Å². The fourth-order valence-corrected chi connectivity index (χ4v) is 4.93. The van der Waals surface area contributed by atoms with Crippen molar-refractivity contribution in [1.29, 1.82) is 0 Å². The van der Waals surface area contributed by atoms with Gasteiger partial charge in [-0.2, -0.15) is 0 Å². The molecule has 0 N–H and O–H groups in total. The molecule has 0 atom stereocenters. The highest BCUT2D eigenvalue weighted by Gasteiger charge is 2.13. The first-order valence-corrected chi connectivity index (χ1v) is 11.8. The largest absolute Gasteiger partial charge is 0.436 e. The molecule has 3 nitrogen and oxygen atoms in total. The number of aryl methyl sites for hydroxylation is 1. The minimum Gasteiger partial charge on any atom is -0.436 e. The van der Waals surface area contributed by atoms with E-state index in [4.69, 9.17) is 4.42 Å². The number of benzene rings is 5. The SMILES string of the molecule is Cc1ccc(-n2c3ccccc3c3cc(-c4ccc(-c5nc6ccccc6o5)cc4)ccc32)cc1. The summed E-state index contributed by atoms with van der Waals surface area (Å²) in [6, 6.07) is 40.4. The van der Waals surface area contributed by atoms with Gasteiger partial charge in [-0.25, -0.2) is 4.98 Å². The van der Waals surface area contributed by atoms with E-state index in [0.29, 0.717) is 5.89 Å². The molecule has 0 saturated heterocycles. The summed E-state index contributed by atoms with van der Waals surface area (Å²) in [6.07, 6.45) is 0. The third-order valence-corrected chi connectivity index (χ3v) is 6.72. The van der Waals surface area contributed by atoms with Crippen LogP contribution in [0.2, 0.25) is 0 Å². The molecule has 35 heavy (non-hydrogen) atoms. The molecule has 5 aromatic carbocycles. The van der Waals surface area contributed by atoms with E-state index >= 15 is 0 Å². The highest BCUT2D eigenvalue weighted by molar-refractivity contribution is 6.10. The molecule has 0 aliphatic heterocycles. The zero-order valence-corrected chi connectivity index (χ0v) is 19.3. The van der Waals surface area contributed by atoms with Crippen LogP contribution in [0, 0.1) is 6.92 Å². The Bertz CT molecular complexity index is 1800. The van der Waals surface area contributed by atoms with E-state index in [1.54, 1.807) is 0 Å². The molecule has 0 bridgehead atoms. The first kappa shape index (κ1) is 19.8. The van der Waals surface area contributed by atoms with Crippen LogP contribution in [0.15, 0.2) is 120 Å². The van der Waals surface area contributed by atoms with E-state index in [2.05, 4.69) is 107 Å². The lowest BCUT2D eigenvalue weighted by molar-refractivity contribution is 0.620. The van der Waals surface area contributed by atoms with Crippen molar-refractivity contribution in [3.8, 4) is 28.3 Å². The second-order valence-corrected chi connectivity index (χ2v) is 8.98. The maximum Gasteiger partial charge on any atom is 0.227 e. The molecule has 0 unspecified atom stereocenters. The van der Waals surface area contributed by atoms with Crippen LogP contribution >= 0.6 is 0 Å². The Morgan fingerprint density at radius 1 is 0.600 bits per heavy atom. The lowest BCUT2D eigenvalue weighted by atomic mass is 10.0. The smallest absolute Gasteiger partial charge is 0.227 e. The van der Waals surface area contributed by atoms with Gasteiger partial charge in [0.1, 0.15) is 5.52 Å². The van der Waals surface area contributed by atoms with Crippen molar-refractivity contribution in [3.63, 3.8) is 0 Å². The first-order chi connectivity index (χ1) is 17.2. The maximum absolute atomic E-state index is 5.94. The third kappa shape index (κ3) is 3.24. The van der Waals surface area contributed by atoms with E-state index in [-0.39, 0.29) is 0 Å². The summed E-state index contributed by atoms with van der Waals surface area (Å²) in [5.74, 6) is 0.648. The molecule has 0 fully saturated rings. The Labute approximate surface area is 202 Å². The van der Waals surface area contributed by atoms with Crippen molar-refractivity contribution in [2.45, 2.75) is 6.92 Å². The number of hydrogen-bond donors (Lipinski definition) is 0. The highest BCUT2D eigenvalue weighted by atomic mass is 16.3. The van der Waals surface area contributed by atoms with Crippen LogP contribution in [0.5, 0.6) is 0 Å². The number of hydrogen-bond acceptors (Lipinski definition) is 2. The summed E-state index contributed by atoms with van der Waals surface area (Å²) < 4.78 is 8.30. The van der Waals surface area contributed by atoms with Gasteiger partial charge in [0.25, 0.3) is 0 Å². The van der Waals surface area contributed by atoms with Gasteiger partial charge in [-0.3, -0.25) is 0 Å². The number of para-hydroxylation sites is 3. The van der Waals surface area contributed by atoms with E-state index in [1.165, 1.54) is 44.2 Å². The van der Waals surface area contributed by atoms with Crippen molar-refractivity contribution in [3.05, 3.63) is 121 Å². The molecule has 0 spiro atoms. The predicted molar refractivity (Wildman–Crippen MR) is 144 cm³/mol. The normalized spacial score (nSPS) is 11.6. The van der Waals surface area contributed by atoms with Crippen molar-refractivity contribution in [2.75, 3.05) is 0 Å². The van der Waals surface area contributed by atoms with Gasteiger partial charge < -0.3 is 8.98 Å². The molecule has 0 amide bonds. The Kier molecular flexibility index (Phi) is 4.36. The van der Waals surface area contributed by atoms with Crippen LogP contribution in [0.4, 0.5) is 0 Å². The lowest BCUT2D eigenvalue weighted by Crippen LogP contribution is -1.93. The Balaban J connectivity index is 1.33. The van der Waals surface area contributed by atoms with Crippen molar-refractivity contribution < 1.29 is 4.42 Å². The summed E-state index contributed by atoms with van der Waals surface area (Å²) in [4.78, 5) is 4.63. The summed E-state index contributed by atoms with van der Waals surface area (Å²) >= 11 is 0. The van der Waals surface area contributed by atoms with E-state index in [1.807, 2.05) is 24.3 Å². The molecule has 0 radical (unpaired) electrons. The van der Waals surface area contributed by atoms with Crippen molar-refractivity contribution in [2.24, 2.45) is 0 Å². The number of rotatable bonds is 3. The summed E-state index contributed by atoms with van der Waals surface area (Å²) in [7, 11) is 0. The van der Waals surface area contributed by atoms with Crippen LogP contribution in [0.25, 0.3) is 61.2 Å². The predicted octanol–water partition coefficient (Wildman–Crippen LogP) is 8.57. The topological polar surface area (TPSA) is 31.0 Å². The average Bonchev–Trinajstić information content (AvgIpc) is 3.49. The van der Waals surface area contributed by atoms with Crippen molar-refractivity contribution in [1.82, 2.24) is 9.55 Å².